The van der Waals surface area contributed by atoms with Gasteiger partial charge >= 0.3 is 0 Å². The van der Waals surface area contributed by atoms with Crippen LogP contribution in [0.5, 0.6) is 0 Å². The molecule has 0 aliphatic heterocycles. The highest BCUT2D eigenvalue weighted by Gasteiger charge is 2.31. The number of nitrogens with zero attached hydrogens (tertiary/aromatic N) is 2. The number of hydrogen-bond donors (Lipinski definition) is 2. The predicted molar refractivity (Wildman–Crippen MR) is 104 cm³/mol. The second kappa shape index (κ2) is 8.37. The molecule has 0 saturated heterocycles. The number of nitrogens with one attached hydrogen (secondary N) is 2. The molecule has 6 heteroatoms. The summed E-state index contributed by atoms with van der Waals surface area (Å²) >= 11 is 0. The van der Waals surface area contributed by atoms with Crippen LogP contribution in [0.4, 0.5) is 0 Å². The fraction of sp³-hybridized carbons (Fsp3) is 0.476. The van der Waals surface area contributed by atoms with Gasteiger partial charge in [-0.2, -0.15) is 5.10 Å². The van der Waals surface area contributed by atoms with Gasteiger partial charge in [0, 0.05) is 24.7 Å². The Labute approximate surface area is 160 Å². The first-order valence-corrected chi connectivity index (χ1v) is 9.62. The number of carbonyl (C=O) groups is 2. The Balaban J connectivity index is 1.72. The van der Waals surface area contributed by atoms with E-state index in [0.29, 0.717) is 6.54 Å². The lowest BCUT2D eigenvalue weighted by atomic mass is 9.97. The van der Waals surface area contributed by atoms with Crippen molar-refractivity contribution in [3.8, 4) is 5.69 Å². The maximum atomic E-state index is 12.8. The minimum atomic E-state index is -0.449. The van der Waals surface area contributed by atoms with E-state index in [1.54, 1.807) is 0 Å². The van der Waals surface area contributed by atoms with Crippen LogP contribution in [0.1, 0.15) is 49.6 Å². The molecule has 1 saturated carbocycles. The lowest BCUT2D eigenvalue weighted by Crippen LogP contribution is -2.49. The van der Waals surface area contributed by atoms with E-state index in [-0.39, 0.29) is 17.7 Å². The third-order valence-electron chi connectivity index (χ3n) is 5.39. The number of amides is 2. The minimum Gasteiger partial charge on any atom is -0.350 e. The smallest absolute Gasteiger partial charge is 0.243 e. The fourth-order valence-electron chi connectivity index (χ4n) is 3.94. The summed E-state index contributed by atoms with van der Waals surface area (Å²) in [7, 11) is 0. The SMILES string of the molecule is CC(=O)NC(C(=O)NCc1c(C)nn(-c2ccccc2)c1C)C1CCCC1. The molecule has 2 amide bonds. The summed E-state index contributed by atoms with van der Waals surface area (Å²) in [6, 6.07) is 9.50. The molecule has 2 N–H and O–H groups in total. The Bertz CT molecular complexity index is 807. The summed E-state index contributed by atoms with van der Waals surface area (Å²) in [6.07, 6.45) is 4.22. The lowest BCUT2D eigenvalue weighted by molar-refractivity contribution is -0.129. The molecule has 1 unspecified atom stereocenters. The molecule has 144 valence electrons. The molecule has 1 fully saturated rings. The van der Waals surface area contributed by atoms with Crippen LogP contribution < -0.4 is 10.6 Å². The standard InChI is InChI=1S/C21H28N4O2/c1-14-19(15(2)25(24-14)18-11-5-4-6-12-18)13-22-21(27)20(23-16(3)26)17-9-7-8-10-17/h4-6,11-12,17,20H,7-10,13H2,1-3H3,(H,22,27)(H,23,26). The van der Waals surface area contributed by atoms with Crippen LogP contribution >= 0.6 is 0 Å². The topological polar surface area (TPSA) is 76.0 Å². The van der Waals surface area contributed by atoms with E-state index in [1.165, 1.54) is 6.92 Å². The molecular formula is C21H28N4O2. The van der Waals surface area contributed by atoms with E-state index < -0.39 is 6.04 Å². The van der Waals surface area contributed by atoms with Crippen LogP contribution in [0.25, 0.3) is 5.69 Å². The quantitative estimate of drug-likeness (QED) is 0.823. The third kappa shape index (κ3) is 4.38. The van der Waals surface area contributed by atoms with Crippen molar-refractivity contribution in [1.82, 2.24) is 20.4 Å². The van der Waals surface area contributed by atoms with E-state index in [4.69, 9.17) is 0 Å². The molecular weight excluding hydrogens is 340 g/mol. The molecule has 0 radical (unpaired) electrons. The minimum absolute atomic E-state index is 0.108. The van der Waals surface area contributed by atoms with Crippen LogP contribution in [0.2, 0.25) is 0 Å². The molecule has 0 spiro atoms. The summed E-state index contributed by atoms with van der Waals surface area (Å²) < 4.78 is 1.90. The molecule has 6 nitrogen and oxygen atoms in total. The normalized spacial score (nSPS) is 15.5. The first kappa shape index (κ1) is 19.1. The van der Waals surface area contributed by atoms with E-state index in [2.05, 4.69) is 15.7 Å². The average Bonchev–Trinajstić information content (AvgIpc) is 3.27. The highest BCUT2D eigenvalue weighted by Crippen LogP contribution is 2.28. The van der Waals surface area contributed by atoms with Gasteiger partial charge < -0.3 is 10.6 Å². The van der Waals surface area contributed by atoms with E-state index in [9.17, 15) is 9.59 Å². The van der Waals surface area contributed by atoms with E-state index in [1.807, 2.05) is 48.9 Å². The number of para-hydroxylation sites is 1. The average molecular weight is 368 g/mol. The van der Waals surface area contributed by atoms with E-state index >= 15 is 0 Å². The molecule has 3 rings (SSSR count). The molecule has 1 aliphatic rings. The third-order valence-corrected chi connectivity index (χ3v) is 5.39. The highest BCUT2D eigenvalue weighted by atomic mass is 16.2. The van der Waals surface area contributed by atoms with Crippen molar-refractivity contribution in [3.05, 3.63) is 47.3 Å². The zero-order valence-corrected chi connectivity index (χ0v) is 16.3. The Morgan fingerprint density at radius 1 is 1.19 bits per heavy atom. The summed E-state index contributed by atoms with van der Waals surface area (Å²) in [6.45, 7) is 5.84. The van der Waals surface area contributed by atoms with Crippen LogP contribution in [-0.4, -0.2) is 27.6 Å². The van der Waals surface area contributed by atoms with Gasteiger partial charge in [0.25, 0.3) is 0 Å². The zero-order chi connectivity index (χ0) is 19.4. The Morgan fingerprint density at radius 2 is 1.85 bits per heavy atom. The van der Waals surface area contributed by atoms with Crippen LogP contribution in [0, 0.1) is 19.8 Å². The highest BCUT2D eigenvalue weighted by molar-refractivity contribution is 5.87. The van der Waals surface area contributed by atoms with Crippen molar-refractivity contribution >= 4 is 11.8 Å². The molecule has 1 aromatic carbocycles. The molecule has 2 aromatic rings. The predicted octanol–water partition coefficient (Wildman–Crippen LogP) is 2.80. The lowest BCUT2D eigenvalue weighted by Gasteiger charge is -2.23. The number of hydrogen-bond acceptors (Lipinski definition) is 3. The van der Waals surface area contributed by atoms with Gasteiger partial charge in [-0.3, -0.25) is 9.59 Å². The first-order chi connectivity index (χ1) is 13.0. The van der Waals surface area contributed by atoms with Gasteiger partial charge in [-0.05, 0) is 44.7 Å². The number of carbonyl (C=O) groups excluding carboxylic acids is 2. The van der Waals surface area contributed by atoms with Gasteiger partial charge in [-0.1, -0.05) is 31.0 Å². The monoisotopic (exact) mass is 368 g/mol. The molecule has 1 aliphatic carbocycles. The van der Waals surface area contributed by atoms with Crippen molar-refractivity contribution in [1.29, 1.82) is 0 Å². The second-order valence-corrected chi connectivity index (χ2v) is 7.34. The molecule has 1 atom stereocenters. The number of benzene rings is 1. The molecule has 0 bridgehead atoms. The molecule has 1 heterocycles. The van der Waals surface area contributed by atoms with Crippen LogP contribution in [0.15, 0.2) is 30.3 Å². The maximum Gasteiger partial charge on any atom is 0.243 e. The fourth-order valence-corrected chi connectivity index (χ4v) is 3.94. The van der Waals surface area contributed by atoms with Gasteiger partial charge in [-0.25, -0.2) is 4.68 Å². The maximum absolute atomic E-state index is 12.8. The van der Waals surface area contributed by atoms with Crippen molar-refractivity contribution in [2.24, 2.45) is 5.92 Å². The number of rotatable bonds is 6. The van der Waals surface area contributed by atoms with Gasteiger partial charge in [0.05, 0.1) is 11.4 Å². The van der Waals surface area contributed by atoms with Gasteiger partial charge in [-0.15, -0.1) is 0 Å². The molecule has 27 heavy (non-hydrogen) atoms. The van der Waals surface area contributed by atoms with Gasteiger partial charge in [0.2, 0.25) is 11.8 Å². The number of aromatic nitrogens is 2. The summed E-state index contributed by atoms with van der Waals surface area (Å²) in [5.41, 5.74) is 3.92. The largest absolute Gasteiger partial charge is 0.350 e. The van der Waals surface area contributed by atoms with Gasteiger partial charge in [0.15, 0.2) is 0 Å². The Morgan fingerprint density at radius 3 is 2.48 bits per heavy atom. The van der Waals surface area contributed by atoms with Gasteiger partial charge in [0.1, 0.15) is 6.04 Å². The summed E-state index contributed by atoms with van der Waals surface area (Å²) in [5, 5.41) is 10.5. The van der Waals surface area contributed by atoms with Crippen molar-refractivity contribution in [2.45, 2.75) is 59.0 Å². The summed E-state index contributed by atoms with van der Waals surface area (Å²) in [5.74, 6) is -0.0437. The Kier molecular flexibility index (Phi) is 5.94. The van der Waals surface area contributed by atoms with E-state index in [0.717, 1.165) is 48.3 Å². The van der Waals surface area contributed by atoms with Crippen molar-refractivity contribution in [3.63, 3.8) is 0 Å². The molecule has 1 aromatic heterocycles. The zero-order valence-electron chi connectivity index (χ0n) is 16.3. The van der Waals surface area contributed by atoms with Crippen molar-refractivity contribution < 1.29 is 9.59 Å². The van der Waals surface area contributed by atoms with Crippen LogP contribution in [-0.2, 0) is 16.1 Å². The summed E-state index contributed by atoms with van der Waals surface area (Å²) in [4.78, 5) is 24.3. The Hall–Kier alpha value is -2.63. The van der Waals surface area contributed by atoms with Crippen molar-refractivity contribution in [2.75, 3.05) is 0 Å². The second-order valence-electron chi connectivity index (χ2n) is 7.34. The number of aryl methyl sites for hydroxylation is 1. The van der Waals surface area contributed by atoms with Crippen LogP contribution in [0.3, 0.4) is 0 Å². The first-order valence-electron chi connectivity index (χ1n) is 9.62.